The van der Waals surface area contributed by atoms with Crippen LogP contribution < -0.4 is 5.32 Å². The highest BCUT2D eigenvalue weighted by molar-refractivity contribution is 6.02. The van der Waals surface area contributed by atoms with Crippen LogP contribution in [0.15, 0.2) is 0 Å². The second-order valence-corrected chi connectivity index (χ2v) is 4.71. The van der Waals surface area contributed by atoms with Gasteiger partial charge in [-0.1, -0.05) is 0 Å². The fourth-order valence-electron chi connectivity index (χ4n) is 2.48. The Morgan fingerprint density at radius 3 is 2.17 bits per heavy atom. The van der Waals surface area contributed by atoms with Gasteiger partial charge in [-0.3, -0.25) is 24.5 Å². The first-order chi connectivity index (χ1) is 8.47. The molecule has 2 fully saturated rings. The lowest BCUT2D eigenvalue weighted by Gasteiger charge is -2.27. The summed E-state index contributed by atoms with van der Waals surface area (Å²) in [4.78, 5) is 46.4. The first-order valence-corrected chi connectivity index (χ1v) is 5.81. The zero-order valence-electron chi connectivity index (χ0n) is 9.72. The van der Waals surface area contributed by atoms with Crippen molar-refractivity contribution >= 4 is 23.7 Å². The van der Waals surface area contributed by atoms with Crippen molar-refractivity contribution in [3.63, 3.8) is 0 Å². The molecule has 2 atom stereocenters. The molecule has 2 aliphatic rings. The molecule has 0 unspecified atom stereocenters. The van der Waals surface area contributed by atoms with Crippen molar-refractivity contribution in [2.45, 2.75) is 19.3 Å². The molecule has 2 N–H and O–H groups in total. The number of carboxylic acids is 1. The average molecular weight is 254 g/mol. The average Bonchev–Trinajstić information content (AvgIpc) is 2.75. The van der Waals surface area contributed by atoms with E-state index in [2.05, 4.69) is 5.32 Å². The molecule has 3 amide bonds. The van der Waals surface area contributed by atoms with Crippen molar-refractivity contribution in [2.75, 3.05) is 13.1 Å². The molecule has 1 saturated heterocycles. The zero-order valence-corrected chi connectivity index (χ0v) is 9.72. The van der Waals surface area contributed by atoms with Gasteiger partial charge in [-0.2, -0.15) is 0 Å². The number of nitrogens with zero attached hydrogens (tertiary/aromatic N) is 1. The van der Waals surface area contributed by atoms with E-state index < -0.39 is 23.7 Å². The maximum atomic E-state index is 12.1. The minimum absolute atomic E-state index is 0.126. The van der Waals surface area contributed by atoms with E-state index in [0.717, 1.165) is 0 Å². The first-order valence-electron chi connectivity index (χ1n) is 5.81. The van der Waals surface area contributed by atoms with Crippen molar-refractivity contribution in [3.05, 3.63) is 0 Å². The third-order valence-corrected chi connectivity index (χ3v) is 3.39. The van der Waals surface area contributed by atoms with Crippen LogP contribution in [0.5, 0.6) is 0 Å². The van der Waals surface area contributed by atoms with Crippen LogP contribution in [0.25, 0.3) is 0 Å². The standard InChI is InChI=1S/C11H14N2O5/c14-8-4-13(5-9(15)12-8)10(16)6-1-2-7(3-6)11(17)18/h6-7H,1-5H2,(H,17,18)(H,12,14,15)/t6-,7+/m1/s1. The highest BCUT2D eigenvalue weighted by Gasteiger charge is 2.37. The molecular weight excluding hydrogens is 240 g/mol. The Morgan fingerprint density at radius 2 is 1.67 bits per heavy atom. The van der Waals surface area contributed by atoms with Gasteiger partial charge in [-0.25, -0.2) is 0 Å². The van der Waals surface area contributed by atoms with Gasteiger partial charge in [0.1, 0.15) is 13.1 Å². The molecular formula is C11H14N2O5. The summed E-state index contributed by atoms with van der Waals surface area (Å²) in [6.07, 6.45) is 1.27. The minimum Gasteiger partial charge on any atom is -0.481 e. The summed E-state index contributed by atoms with van der Waals surface area (Å²) < 4.78 is 0. The van der Waals surface area contributed by atoms with E-state index in [1.807, 2.05) is 0 Å². The van der Waals surface area contributed by atoms with E-state index >= 15 is 0 Å². The van der Waals surface area contributed by atoms with Gasteiger partial charge in [0.2, 0.25) is 17.7 Å². The lowest BCUT2D eigenvalue weighted by atomic mass is 10.0. The van der Waals surface area contributed by atoms with Gasteiger partial charge in [0.25, 0.3) is 0 Å². The Labute approximate surface area is 103 Å². The summed E-state index contributed by atoms with van der Waals surface area (Å²) in [5, 5.41) is 11.0. The van der Waals surface area contributed by atoms with Crippen molar-refractivity contribution in [1.82, 2.24) is 10.2 Å². The van der Waals surface area contributed by atoms with E-state index in [4.69, 9.17) is 5.11 Å². The first kappa shape index (κ1) is 12.5. The van der Waals surface area contributed by atoms with E-state index in [-0.39, 0.29) is 24.9 Å². The molecule has 1 aliphatic heterocycles. The molecule has 7 heteroatoms. The highest BCUT2D eigenvalue weighted by atomic mass is 16.4. The number of piperazine rings is 1. The Kier molecular flexibility index (Phi) is 3.31. The Morgan fingerprint density at radius 1 is 1.11 bits per heavy atom. The smallest absolute Gasteiger partial charge is 0.306 e. The molecule has 7 nitrogen and oxygen atoms in total. The topological polar surface area (TPSA) is 104 Å². The molecule has 0 radical (unpaired) electrons. The molecule has 0 bridgehead atoms. The van der Waals surface area contributed by atoms with Crippen molar-refractivity contribution in [2.24, 2.45) is 11.8 Å². The Hall–Kier alpha value is -1.92. The summed E-state index contributed by atoms with van der Waals surface area (Å²) >= 11 is 0. The predicted octanol–water partition coefficient (Wildman–Crippen LogP) is -1.03. The molecule has 1 saturated carbocycles. The van der Waals surface area contributed by atoms with E-state index in [1.165, 1.54) is 4.90 Å². The summed E-state index contributed by atoms with van der Waals surface area (Å²) in [6.45, 7) is -0.252. The van der Waals surface area contributed by atoms with Crippen LogP contribution in [-0.2, 0) is 19.2 Å². The molecule has 2 rings (SSSR count). The monoisotopic (exact) mass is 254 g/mol. The van der Waals surface area contributed by atoms with Crippen LogP contribution in [0.1, 0.15) is 19.3 Å². The van der Waals surface area contributed by atoms with Gasteiger partial charge < -0.3 is 10.0 Å². The van der Waals surface area contributed by atoms with Crippen LogP contribution in [0.4, 0.5) is 0 Å². The third kappa shape index (κ3) is 2.49. The van der Waals surface area contributed by atoms with Crippen LogP contribution in [0.3, 0.4) is 0 Å². The molecule has 0 spiro atoms. The van der Waals surface area contributed by atoms with Gasteiger partial charge in [0.05, 0.1) is 5.92 Å². The number of imide groups is 1. The van der Waals surface area contributed by atoms with Crippen molar-refractivity contribution < 1.29 is 24.3 Å². The Bertz CT molecular complexity index is 404. The number of rotatable bonds is 2. The number of aliphatic carboxylic acids is 1. The van der Waals surface area contributed by atoms with Crippen LogP contribution in [0, 0.1) is 11.8 Å². The van der Waals surface area contributed by atoms with Crippen LogP contribution in [-0.4, -0.2) is 46.8 Å². The van der Waals surface area contributed by atoms with Gasteiger partial charge in [-0.15, -0.1) is 0 Å². The second kappa shape index (κ2) is 4.75. The minimum atomic E-state index is -0.891. The normalized spacial score (nSPS) is 28.1. The van der Waals surface area contributed by atoms with Crippen molar-refractivity contribution in [3.8, 4) is 0 Å². The number of carbonyl (C=O) groups is 4. The molecule has 98 valence electrons. The SMILES string of the molecule is O=C1CN(C(=O)[C@@H]2CC[C@H](C(=O)O)C2)CC(=O)N1. The van der Waals surface area contributed by atoms with Gasteiger partial charge >= 0.3 is 5.97 Å². The van der Waals surface area contributed by atoms with E-state index in [0.29, 0.717) is 19.3 Å². The fraction of sp³-hybridized carbons (Fsp3) is 0.636. The van der Waals surface area contributed by atoms with Crippen LogP contribution >= 0.6 is 0 Å². The number of amides is 3. The largest absolute Gasteiger partial charge is 0.481 e. The number of nitrogens with one attached hydrogen (secondary N) is 1. The molecule has 1 heterocycles. The predicted molar refractivity (Wildman–Crippen MR) is 58.2 cm³/mol. The molecule has 0 aromatic carbocycles. The summed E-state index contributed by atoms with van der Waals surface area (Å²) in [7, 11) is 0. The molecule has 1 aliphatic carbocycles. The van der Waals surface area contributed by atoms with E-state index in [9.17, 15) is 19.2 Å². The lowest BCUT2D eigenvalue weighted by Crippen LogP contribution is -2.54. The lowest BCUT2D eigenvalue weighted by molar-refractivity contribution is -0.148. The van der Waals surface area contributed by atoms with Gasteiger partial charge in [0, 0.05) is 5.92 Å². The summed E-state index contributed by atoms with van der Waals surface area (Å²) in [6, 6.07) is 0. The number of hydrogen-bond donors (Lipinski definition) is 2. The van der Waals surface area contributed by atoms with Gasteiger partial charge in [0.15, 0.2) is 0 Å². The van der Waals surface area contributed by atoms with Crippen molar-refractivity contribution in [1.29, 1.82) is 0 Å². The highest BCUT2D eigenvalue weighted by Crippen LogP contribution is 2.32. The van der Waals surface area contributed by atoms with Gasteiger partial charge in [-0.05, 0) is 19.3 Å². The summed E-state index contributed by atoms with van der Waals surface area (Å²) in [5.41, 5.74) is 0. The second-order valence-electron chi connectivity index (χ2n) is 4.71. The maximum absolute atomic E-state index is 12.1. The van der Waals surface area contributed by atoms with Crippen LogP contribution in [0.2, 0.25) is 0 Å². The third-order valence-electron chi connectivity index (χ3n) is 3.39. The molecule has 0 aromatic rings. The maximum Gasteiger partial charge on any atom is 0.306 e. The number of carboxylic acid groups (broad SMARTS) is 1. The number of carbonyl (C=O) groups excluding carboxylic acids is 3. The molecule has 0 aromatic heterocycles. The Balaban J connectivity index is 1.97. The summed E-state index contributed by atoms with van der Waals surface area (Å²) in [5.74, 6) is -3.04. The van der Waals surface area contributed by atoms with E-state index in [1.54, 1.807) is 0 Å². The fourth-order valence-corrected chi connectivity index (χ4v) is 2.48. The number of hydrogen-bond acceptors (Lipinski definition) is 4. The molecule has 18 heavy (non-hydrogen) atoms. The zero-order chi connectivity index (χ0) is 13.3. The quantitative estimate of drug-likeness (QED) is 0.613.